The maximum absolute atomic E-state index is 13.2. The molecule has 1 heterocycles. The van der Waals surface area contributed by atoms with Gasteiger partial charge in [-0.05, 0) is 38.1 Å². The van der Waals surface area contributed by atoms with Gasteiger partial charge in [0.05, 0.1) is 15.8 Å². The van der Waals surface area contributed by atoms with Gasteiger partial charge in [0.25, 0.3) is 0 Å². The van der Waals surface area contributed by atoms with Crippen molar-refractivity contribution in [1.82, 2.24) is 9.97 Å². The average molecular weight is 376 g/mol. The molecule has 7 heteroatoms. The molecule has 2 aromatic carbocycles. The van der Waals surface area contributed by atoms with Crippen molar-refractivity contribution >= 4 is 45.9 Å². The number of anilines is 1. The van der Waals surface area contributed by atoms with Crippen molar-refractivity contribution in [3.63, 3.8) is 0 Å². The standard InChI is InChI=1S/C18H15ClFN3OS/c1-10(17(24)23-12-7-8-15(20)14(19)9-12)25-18-13-5-3-4-6-16(13)21-11(2)22-18/h3-10H,1-2H3,(H,23,24)/t10-/m1/s1. The van der Waals surface area contributed by atoms with E-state index in [1.807, 2.05) is 31.2 Å². The summed E-state index contributed by atoms with van der Waals surface area (Å²) in [7, 11) is 0. The lowest BCUT2D eigenvalue weighted by molar-refractivity contribution is -0.115. The summed E-state index contributed by atoms with van der Waals surface area (Å²) >= 11 is 7.09. The minimum absolute atomic E-state index is 0.0319. The molecule has 0 fully saturated rings. The molecule has 128 valence electrons. The number of aryl methyl sites for hydroxylation is 1. The van der Waals surface area contributed by atoms with Gasteiger partial charge >= 0.3 is 0 Å². The van der Waals surface area contributed by atoms with Crippen LogP contribution in [-0.2, 0) is 4.79 Å². The van der Waals surface area contributed by atoms with E-state index < -0.39 is 11.1 Å². The Morgan fingerprint density at radius 1 is 1.24 bits per heavy atom. The van der Waals surface area contributed by atoms with Crippen molar-refractivity contribution < 1.29 is 9.18 Å². The molecule has 3 rings (SSSR count). The minimum atomic E-state index is -0.523. The van der Waals surface area contributed by atoms with Crippen LogP contribution in [0.4, 0.5) is 10.1 Å². The van der Waals surface area contributed by atoms with E-state index in [1.165, 1.54) is 30.0 Å². The SMILES string of the molecule is Cc1nc(S[C@H](C)C(=O)Nc2ccc(F)c(Cl)c2)c2ccccc2n1. The monoisotopic (exact) mass is 375 g/mol. The molecule has 1 aromatic heterocycles. The fourth-order valence-corrected chi connectivity index (χ4v) is 3.45. The first-order chi connectivity index (χ1) is 11.9. The molecular weight excluding hydrogens is 361 g/mol. The highest BCUT2D eigenvalue weighted by atomic mass is 35.5. The first-order valence-electron chi connectivity index (χ1n) is 7.60. The van der Waals surface area contributed by atoms with Gasteiger partial charge < -0.3 is 5.32 Å². The van der Waals surface area contributed by atoms with E-state index >= 15 is 0 Å². The number of para-hydroxylation sites is 1. The predicted octanol–water partition coefficient (Wildman–Crippen LogP) is 4.85. The molecule has 25 heavy (non-hydrogen) atoms. The second-order valence-electron chi connectivity index (χ2n) is 5.47. The molecule has 0 unspecified atom stereocenters. The quantitative estimate of drug-likeness (QED) is 0.523. The topological polar surface area (TPSA) is 54.9 Å². The van der Waals surface area contributed by atoms with Crippen molar-refractivity contribution in [2.75, 3.05) is 5.32 Å². The van der Waals surface area contributed by atoms with E-state index in [-0.39, 0.29) is 10.9 Å². The lowest BCUT2D eigenvalue weighted by Crippen LogP contribution is -2.22. The van der Waals surface area contributed by atoms with Gasteiger partial charge in [-0.3, -0.25) is 4.79 Å². The Morgan fingerprint density at radius 2 is 2.00 bits per heavy atom. The molecule has 0 saturated carbocycles. The number of carbonyl (C=O) groups excluding carboxylic acids is 1. The number of rotatable bonds is 4. The third-order valence-electron chi connectivity index (χ3n) is 3.52. The van der Waals surface area contributed by atoms with E-state index in [0.29, 0.717) is 11.5 Å². The number of halogens is 2. The highest BCUT2D eigenvalue weighted by Gasteiger charge is 2.18. The molecule has 4 nitrogen and oxygen atoms in total. The molecule has 0 aliphatic heterocycles. The largest absolute Gasteiger partial charge is 0.325 e. The van der Waals surface area contributed by atoms with Crippen LogP contribution in [0.15, 0.2) is 47.5 Å². The Morgan fingerprint density at radius 3 is 2.76 bits per heavy atom. The van der Waals surface area contributed by atoms with Crippen LogP contribution >= 0.6 is 23.4 Å². The Balaban J connectivity index is 1.78. The highest BCUT2D eigenvalue weighted by molar-refractivity contribution is 8.00. The van der Waals surface area contributed by atoms with Gasteiger partial charge in [-0.1, -0.05) is 41.6 Å². The number of hydrogen-bond acceptors (Lipinski definition) is 4. The Kier molecular flexibility index (Phi) is 5.20. The summed E-state index contributed by atoms with van der Waals surface area (Å²) in [6.07, 6.45) is 0. The third kappa shape index (κ3) is 4.08. The van der Waals surface area contributed by atoms with Crippen molar-refractivity contribution in [1.29, 1.82) is 0 Å². The van der Waals surface area contributed by atoms with Gasteiger partial charge in [-0.2, -0.15) is 0 Å². The van der Waals surface area contributed by atoms with Crippen LogP contribution in [0.5, 0.6) is 0 Å². The molecule has 1 amide bonds. The number of nitrogens with zero attached hydrogens (tertiary/aromatic N) is 2. The lowest BCUT2D eigenvalue weighted by atomic mass is 10.2. The maximum atomic E-state index is 13.2. The minimum Gasteiger partial charge on any atom is -0.325 e. The molecule has 0 aliphatic carbocycles. The number of thioether (sulfide) groups is 1. The van der Waals surface area contributed by atoms with Gasteiger partial charge in [-0.15, -0.1) is 0 Å². The van der Waals surface area contributed by atoms with Crippen molar-refractivity contribution in [3.05, 3.63) is 59.1 Å². The van der Waals surface area contributed by atoms with Gasteiger partial charge in [0, 0.05) is 11.1 Å². The number of amides is 1. The summed E-state index contributed by atoms with van der Waals surface area (Å²) in [6.45, 7) is 3.61. The second-order valence-corrected chi connectivity index (χ2v) is 7.21. The third-order valence-corrected chi connectivity index (χ3v) is 4.92. The number of hydrogen-bond donors (Lipinski definition) is 1. The molecule has 1 atom stereocenters. The Labute approximate surface area is 153 Å². The van der Waals surface area contributed by atoms with E-state index in [4.69, 9.17) is 11.6 Å². The normalized spacial score (nSPS) is 12.2. The molecule has 3 aromatic rings. The van der Waals surface area contributed by atoms with E-state index in [2.05, 4.69) is 15.3 Å². The van der Waals surface area contributed by atoms with Crippen LogP contribution in [0.2, 0.25) is 5.02 Å². The second kappa shape index (κ2) is 7.37. The summed E-state index contributed by atoms with van der Waals surface area (Å²) in [5.74, 6) is -0.0860. The predicted molar refractivity (Wildman–Crippen MR) is 99.6 cm³/mol. The summed E-state index contributed by atoms with van der Waals surface area (Å²) in [4.78, 5) is 21.3. The van der Waals surface area contributed by atoms with E-state index in [9.17, 15) is 9.18 Å². The molecule has 0 bridgehead atoms. The molecule has 0 radical (unpaired) electrons. The number of benzene rings is 2. The number of carbonyl (C=O) groups is 1. The van der Waals surface area contributed by atoms with Crippen molar-refractivity contribution in [2.24, 2.45) is 0 Å². The van der Waals surface area contributed by atoms with Crippen LogP contribution in [0.3, 0.4) is 0 Å². The first-order valence-corrected chi connectivity index (χ1v) is 8.86. The van der Waals surface area contributed by atoms with Crippen LogP contribution in [0.25, 0.3) is 10.9 Å². The zero-order chi connectivity index (χ0) is 18.0. The summed E-state index contributed by atoms with van der Waals surface area (Å²) in [5, 5.41) is 3.96. The van der Waals surface area contributed by atoms with Gasteiger partial charge in [-0.25, -0.2) is 14.4 Å². The summed E-state index contributed by atoms with van der Waals surface area (Å²) < 4.78 is 13.2. The summed E-state index contributed by atoms with van der Waals surface area (Å²) in [5.41, 5.74) is 1.29. The zero-order valence-corrected chi connectivity index (χ0v) is 15.2. The fourth-order valence-electron chi connectivity index (χ4n) is 2.29. The smallest absolute Gasteiger partial charge is 0.237 e. The number of nitrogens with one attached hydrogen (secondary N) is 1. The van der Waals surface area contributed by atoms with Crippen molar-refractivity contribution in [3.8, 4) is 0 Å². The molecule has 0 saturated heterocycles. The van der Waals surface area contributed by atoms with Crippen LogP contribution in [0.1, 0.15) is 12.7 Å². The average Bonchev–Trinajstić information content (AvgIpc) is 2.58. The number of fused-ring (bicyclic) bond motifs is 1. The zero-order valence-electron chi connectivity index (χ0n) is 13.6. The van der Waals surface area contributed by atoms with E-state index in [0.717, 1.165) is 15.9 Å². The molecule has 0 aliphatic rings. The fraction of sp³-hybridized carbons (Fsp3) is 0.167. The lowest BCUT2D eigenvalue weighted by Gasteiger charge is -2.13. The first kappa shape index (κ1) is 17.6. The van der Waals surface area contributed by atoms with Crippen LogP contribution in [0, 0.1) is 12.7 Å². The Bertz CT molecular complexity index is 951. The van der Waals surface area contributed by atoms with Gasteiger partial charge in [0.2, 0.25) is 5.91 Å². The molecule has 0 spiro atoms. The maximum Gasteiger partial charge on any atom is 0.237 e. The van der Waals surface area contributed by atoms with Gasteiger partial charge in [0.1, 0.15) is 16.7 Å². The summed E-state index contributed by atoms with van der Waals surface area (Å²) in [6, 6.07) is 11.8. The van der Waals surface area contributed by atoms with Crippen LogP contribution in [-0.4, -0.2) is 21.1 Å². The Hall–Kier alpha value is -2.18. The van der Waals surface area contributed by atoms with Gasteiger partial charge in [0.15, 0.2) is 0 Å². The molecule has 1 N–H and O–H groups in total. The highest BCUT2D eigenvalue weighted by Crippen LogP contribution is 2.29. The van der Waals surface area contributed by atoms with E-state index in [1.54, 1.807) is 6.92 Å². The van der Waals surface area contributed by atoms with Crippen LogP contribution < -0.4 is 5.32 Å². The molecular formula is C18H15ClFN3OS. The number of aromatic nitrogens is 2. The van der Waals surface area contributed by atoms with Crippen molar-refractivity contribution in [2.45, 2.75) is 24.1 Å².